The minimum Gasteiger partial charge on any atom is -0.466 e. The summed E-state index contributed by atoms with van der Waals surface area (Å²) in [4.78, 5) is 29.3. The molecule has 0 radical (unpaired) electrons. The van der Waals surface area contributed by atoms with Crippen molar-refractivity contribution in [1.29, 1.82) is 0 Å². The molecule has 4 atom stereocenters. The molecular formula is C62H74O4P2. The van der Waals surface area contributed by atoms with E-state index in [1.54, 1.807) is 0 Å². The summed E-state index contributed by atoms with van der Waals surface area (Å²) in [6, 6.07) is 54.1. The Labute approximate surface area is 411 Å². The zero-order valence-corrected chi connectivity index (χ0v) is 44.9. The first-order chi connectivity index (χ1) is 32.0. The number of carbonyl (C=O) groups excluding carboxylic acids is 2. The van der Waals surface area contributed by atoms with Crippen molar-refractivity contribution in [3.63, 3.8) is 0 Å². The van der Waals surface area contributed by atoms with Crippen LogP contribution in [0.25, 0.3) is 0 Å². The fourth-order valence-electron chi connectivity index (χ4n) is 9.83. The Hall–Kier alpha value is -4.88. The van der Waals surface area contributed by atoms with Gasteiger partial charge < -0.3 is 9.47 Å². The maximum Gasteiger partial charge on any atom is 0.310 e. The highest BCUT2D eigenvalue weighted by molar-refractivity contribution is 7.80. The SMILES string of the molecule is CCOC(=O)[C@@H]1[C@@H](C(=O)OCC)[C@@H](c2ccccc2P(c2ccc(C(C)(C)C)cc2)c2ccc(C(C)(C)C)cc2)[C@@H]1c1ccccc1P(c1ccc(C(C)(C)C)cc1)c1ccc(C(C)(C)C)cc1. The summed E-state index contributed by atoms with van der Waals surface area (Å²) in [5.74, 6) is -2.97. The highest BCUT2D eigenvalue weighted by atomic mass is 31.1. The summed E-state index contributed by atoms with van der Waals surface area (Å²) in [7, 11) is -2.24. The third kappa shape index (κ3) is 10.8. The monoisotopic (exact) mass is 945 g/mol. The molecule has 0 bridgehead atoms. The third-order valence-electron chi connectivity index (χ3n) is 13.7. The molecule has 0 unspecified atom stereocenters. The van der Waals surface area contributed by atoms with E-state index < -0.39 is 27.7 Å². The maximum atomic E-state index is 14.7. The van der Waals surface area contributed by atoms with Crippen LogP contribution in [0.5, 0.6) is 0 Å². The van der Waals surface area contributed by atoms with E-state index in [-0.39, 0.29) is 58.6 Å². The molecule has 6 heteroatoms. The van der Waals surface area contributed by atoms with Crippen molar-refractivity contribution in [2.45, 2.75) is 130 Å². The molecule has 0 N–H and O–H groups in total. The summed E-state index contributed by atoms with van der Waals surface area (Å²) >= 11 is 0. The van der Waals surface area contributed by atoms with E-state index in [9.17, 15) is 9.59 Å². The van der Waals surface area contributed by atoms with Gasteiger partial charge >= 0.3 is 11.9 Å². The molecule has 0 saturated heterocycles. The second-order valence-electron chi connectivity index (χ2n) is 22.6. The number of carbonyl (C=O) groups is 2. The van der Waals surface area contributed by atoms with Gasteiger partial charge in [-0.2, -0.15) is 0 Å². The van der Waals surface area contributed by atoms with Crippen molar-refractivity contribution >= 4 is 59.6 Å². The van der Waals surface area contributed by atoms with Gasteiger partial charge in [0.1, 0.15) is 0 Å². The van der Waals surface area contributed by atoms with Crippen molar-refractivity contribution in [3.05, 3.63) is 179 Å². The molecular weight excluding hydrogens is 871 g/mol. The molecule has 0 aliphatic heterocycles. The van der Waals surface area contributed by atoms with Gasteiger partial charge in [-0.05, 0) is 117 Å². The first-order valence-electron chi connectivity index (χ1n) is 24.6. The Morgan fingerprint density at radius 3 is 0.838 bits per heavy atom. The van der Waals surface area contributed by atoms with Crippen LogP contribution in [0.4, 0.5) is 0 Å². The van der Waals surface area contributed by atoms with Gasteiger partial charge in [-0.3, -0.25) is 9.59 Å². The summed E-state index contributed by atoms with van der Waals surface area (Å²) in [6.07, 6.45) is 0. The van der Waals surface area contributed by atoms with Crippen molar-refractivity contribution < 1.29 is 19.1 Å². The molecule has 6 aromatic carbocycles. The Kier molecular flexibility index (Phi) is 15.2. The quantitative estimate of drug-likeness (QED) is 0.0906. The summed E-state index contributed by atoms with van der Waals surface area (Å²) in [5, 5.41) is 7.28. The molecule has 68 heavy (non-hydrogen) atoms. The Morgan fingerprint density at radius 1 is 0.382 bits per heavy atom. The van der Waals surface area contributed by atoms with E-state index in [0.29, 0.717) is 0 Å². The maximum absolute atomic E-state index is 14.7. The summed E-state index contributed by atoms with van der Waals surface area (Å²) < 4.78 is 11.9. The normalized spacial score (nSPS) is 17.8. The molecule has 1 fully saturated rings. The van der Waals surface area contributed by atoms with Gasteiger partial charge in [0.05, 0.1) is 25.0 Å². The first kappa shape index (κ1) is 51.0. The molecule has 0 amide bonds. The number of rotatable bonds is 12. The second-order valence-corrected chi connectivity index (χ2v) is 27.0. The lowest BCUT2D eigenvalue weighted by Crippen LogP contribution is -2.54. The standard InChI is InChI=1S/C62H74O4P2/c1-15-65-57(63)55-53(49-21-17-19-23-51(49)67(45-33-25-41(26-34-45)59(3,4)5)46-35-27-42(28-36-46)60(6,7)8)54(56(55)58(64)66-16-2)50-22-18-20-24-52(50)68(47-37-29-43(30-38-47)61(9,10)11)48-39-31-44(32-40-48)62(12,13)14/h17-40,53-56H,15-16H2,1-14H3/t53-,54-,55-,56-/m0/s1. The van der Waals surface area contributed by atoms with E-state index in [4.69, 9.17) is 9.47 Å². The van der Waals surface area contributed by atoms with Crippen LogP contribution in [0.15, 0.2) is 146 Å². The Balaban J connectivity index is 1.48. The van der Waals surface area contributed by atoms with Gasteiger partial charge in [-0.25, -0.2) is 0 Å². The molecule has 6 aromatic rings. The van der Waals surface area contributed by atoms with Crippen molar-refractivity contribution in [2.75, 3.05) is 13.2 Å². The fraction of sp³-hybridized carbons (Fsp3) is 0.387. The van der Waals surface area contributed by atoms with Crippen LogP contribution in [0.3, 0.4) is 0 Å². The average molecular weight is 945 g/mol. The largest absolute Gasteiger partial charge is 0.466 e. The molecule has 7 rings (SSSR count). The van der Waals surface area contributed by atoms with E-state index in [0.717, 1.165) is 11.1 Å². The van der Waals surface area contributed by atoms with Gasteiger partial charge in [0.2, 0.25) is 0 Å². The van der Waals surface area contributed by atoms with Gasteiger partial charge in [0.25, 0.3) is 0 Å². The van der Waals surface area contributed by atoms with E-state index in [2.05, 4.69) is 229 Å². The van der Waals surface area contributed by atoms with E-state index in [1.165, 1.54) is 54.1 Å². The topological polar surface area (TPSA) is 52.6 Å². The van der Waals surface area contributed by atoms with Crippen LogP contribution in [0.2, 0.25) is 0 Å². The molecule has 356 valence electrons. The highest BCUT2D eigenvalue weighted by Gasteiger charge is 2.61. The van der Waals surface area contributed by atoms with Gasteiger partial charge in [0, 0.05) is 11.8 Å². The van der Waals surface area contributed by atoms with Gasteiger partial charge in [-0.1, -0.05) is 229 Å². The summed E-state index contributed by atoms with van der Waals surface area (Å²) in [6.45, 7) is 31.2. The zero-order valence-electron chi connectivity index (χ0n) is 43.1. The highest BCUT2D eigenvalue weighted by Crippen LogP contribution is 2.60. The smallest absolute Gasteiger partial charge is 0.310 e. The molecule has 0 aromatic heterocycles. The predicted octanol–water partition coefficient (Wildman–Crippen LogP) is 12.6. The molecule has 1 aliphatic rings. The number of benzene rings is 6. The number of hydrogen-bond donors (Lipinski definition) is 0. The van der Waals surface area contributed by atoms with Crippen molar-refractivity contribution in [3.8, 4) is 0 Å². The zero-order chi connectivity index (χ0) is 49.3. The minimum atomic E-state index is -1.12. The fourth-order valence-corrected chi connectivity index (χ4v) is 14.8. The average Bonchev–Trinajstić information content (AvgIpc) is 3.27. The van der Waals surface area contributed by atoms with E-state index in [1.807, 2.05) is 13.8 Å². The molecule has 0 heterocycles. The second kappa shape index (κ2) is 20.2. The lowest BCUT2D eigenvalue weighted by Gasteiger charge is -2.51. The van der Waals surface area contributed by atoms with Gasteiger partial charge in [0.15, 0.2) is 0 Å². The molecule has 4 nitrogen and oxygen atoms in total. The predicted molar refractivity (Wildman–Crippen MR) is 291 cm³/mol. The molecule has 0 spiro atoms. The van der Waals surface area contributed by atoms with Gasteiger partial charge in [-0.15, -0.1) is 0 Å². The molecule has 1 saturated carbocycles. The lowest BCUT2D eigenvalue weighted by atomic mass is 9.52. The van der Waals surface area contributed by atoms with Crippen molar-refractivity contribution in [1.82, 2.24) is 0 Å². The van der Waals surface area contributed by atoms with Crippen LogP contribution in [-0.2, 0) is 40.7 Å². The Bertz CT molecular complexity index is 2370. The van der Waals surface area contributed by atoms with Crippen LogP contribution in [0.1, 0.15) is 142 Å². The molecule has 1 aliphatic carbocycles. The Morgan fingerprint density at radius 2 is 0.618 bits per heavy atom. The lowest BCUT2D eigenvalue weighted by molar-refractivity contribution is -0.171. The van der Waals surface area contributed by atoms with Crippen LogP contribution >= 0.6 is 15.8 Å². The van der Waals surface area contributed by atoms with Crippen molar-refractivity contribution in [2.24, 2.45) is 11.8 Å². The summed E-state index contributed by atoms with van der Waals surface area (Å²) in [5.41, 5.74) is 7.25. The number of ether oxygens (including phenoxy) is 2. The van der Waals surface area contributed by atoms with Crippen LogP contribution in [0, 0.1) is 11.8 Å². The third-order valence-corrected chi connectivity index (χ3v) is 18.7. The van der Waals surface area contributed by atoms with Crippen LogP contribution < -0.4 is 31.8 Å². The van der Waals surface area contributed by atoms with Crippen LogP contribution in [-0.4, -0.2) is 25.2 Å². The number of hydrogen-bond acceptors (Lipinski definition) is 4. The first-order valence-corrected chi connectivity index (χ1v) is 27.3. The van der Waals surface area contributed by atoms with E-state index >= 15 is 0 Å². The number of esters is 2. The minimum absolute atomic E-state index is 0.00225.